The first kappa shape index (κ1) is 15.5. The van der Waals surface area contributed by atoms with Crippen molar-refractivity contribution in [2.75, 3.05) is 17.1 Å². The topological polar surface area (TPSA) is 92.7 Å². The smallest absolute Gasteiger partial charge is 0.337 e. The lowest BCUT2D eigenvalue weighted by Crippen LogP contribution is -2.26. The lowest BCUT2D eigenvalue weighted by Gasteiger charge is -2.13. The standard InChI is InChI=1S/C12H14INO5S/c13-8-3-4-11(10(6-8)12(15)16)14-20(17,18)7-9-2-1-5-19-9/h3-4,6,9,14H,1-2,5,7H2,(H,15,16). The highest BCUT2D eigenvalue weighted by Gasteiger charge is 2.24. The average Bonchev–Trinajstić information content (AvgIpc) is 2.82. The number of hydrogen-bond donors (Lipinski definition) is 2. The zero-order chi connectivity index (χ0) is 14.8. The Morgan fingerprint density at radius 3 is 2.85 bits per heavy atom. The Morgan fingerprint density at radius 1 is 1.50 bits per heavy atom. The molecule has 1 aliphatic rings. The highest BCUT2D eigenvalue weighted by atomic mass is 127. The van der Waals surface area contributed by atoms with Gasteiger partial charge in [0.2, 0.25) is 10.0 Å². The Labute approximate surface area is 130 Å². The van der Waals surface area contributed by atoms with E-state index in [1.54, 1.807) is 6.07 Å². The first-order valence-corrected chi connectivity index (χ1v) is 8.75. The monoisotopic (exact) mass is 411 g/mol. The van der Waals surface area contributed by atoms with Crippen LogP contribution in [0.4, 0.5) is 5.69 Å². The third kappa shape index (κ3) is 4.06. The number of sulfonamides is 1. The molecule has 0 spiro atoms. The molecule has 0 bridgehead atoms. The molecule has 1 fully saturated rings. The van der Waals surface area contributed by atoms with Crippen molar-refractivity contribution in [3.8, 4) is 0 Å². The molecule has 20 heavy (non-hydrogen) atoms. The first-order chi connectivity index (χ1) is 9.37. The van der Waals surface area contributed by atoms with Gasteiger partial charge in [0, 0.05) is 10.2 Å². The van der Waals surface area contributed by atoms with Crippen LogP contribution in [0.15, 0.2) is 18.2 Å². The van der Waals surface area contributed by atoms with E-state index in [9.17, 15) is 13.2 Å². The number of carbonyl (C=O) groups is 1. The molecule has 0 aromatic heterocycles. The van der Waals surface area contributed by atoms with Crippen molar-refractivity contribution in [3.05, 3.63) is 27.3 Å². The second kappa shape index (κ2) is 6.27. The van der Waals surface area contributed by atoms with Crippen LogP contribution in [0.2, 0.25) is 0 Å². The van der Waals surface area contributed by atoms with Crippen molar-refractivity contribution in [2.45, 2.75) is 18.9 Å². The van der Waals surface area contributed by atoms with Crippen LogP contribution < -0.4 is 4.72 Å². The second-order valence-electron chi connectivity index (χ2n) is 4.51. The summed E-state index contributed by atoms with van der Waals surface area (Å²) in [7, 11) is -3.63. The Hall–Kier alpha value is -0.870. The number of anilines is 1. The highest BCUT2D eigenvalue weighted by molar-refractivity contribution is 14.1. The maximum Gasteiger partial charge on any atom is 0.337 e. The van der Waals surface area contributed by atoms with Crippen molar-refractivity contribution in [1.82, 2.24) is 0 Å². The molecule has 1 aliphatic heterocycles. The molecule has 1 unspecified atom stereocenters. The predicted octanol–water partition coefficient (Wildman–Crippen LogP) is 1.91. The zero-order valence-electron chi connectivity index (χ0n) is 10.5. The van der Waals surface area contributed by atoms with Gasteiger partial charge in [-0.25, -0.2) is 13.2 Å². The van der Waals surface area contributed by atoms with Crippen molar-refractivity contribution in [2.24, 2.45) is 0 Å². The van der Waals surface area contributed by atoms with E-state index in [0.29, 0.717) is 13.0 Å². The number of nitrogens with one attached hydrogen (secondary N) is 1. The van der Waals surface area contributed by atoms with E-state index in [1.807, 2.05) is 22.6 Å². The van der Waals surface area contributed by atoms with E-state index in [1.165, 1.54) is 12.1 Å². The van der Waals surface area contributed by atoms with E-state index >= 15 is 0 Å². The molecule has 6 nitrogen and oxygen atoms in total. The van der Waals surface area contributed by atoms with Gasteiger partial charge < -0.3 is 9.84 Å². The Kier molecular flexibility index (Phi) is 4.86. The van der Waals surface area contributed by atoms with E-state index < -0.39 is 16.0 Å². The maximum atomic E-state index is 12.0. The van der Waals surface area contributed by atoms with Crippen molar-refractivity contribution < 1.29 is 23.1 Å². The van der Waals surface area contributed by atoms with Crippen LogP contribution in [0.1, 0.15) is 23.2 Å². The molecule has 110 valence electrons. The SMILES string of the molecule is O=C(O)c1cc(I)ccc1NS(=O)(=O)CC1CCCO1. The molecule has 1 saturated heterocycles. The van der Waals surface area contributed by atoms with Crippen LogP contribution in [-0.4, -0.2) is 38.0 Å². The third-order valence-corrected chi connectivity index (χ3v) is 4.92. The van der Waals surface area contributed by atoms with Crippen LogP contribution >= 0.6 is 22.6 Å². The van der Waals surface area contributed by atoms with Crippen LogP contribution in [0.5, 0.6) is 0 Å². The van der Waals surface area contributed by atoms with Crippen LogP contribution in [-0.2, 0) is 14.8 Å². The van der Waals surface area contributed by atoms with Crippen LogP contribution in [0.3, 0.4) is 0 Å². The Bertz CT molecular complexity index is 610. The molecule has 2 N–H and O–H groups in total. The quantitative estimate of drug-likeness (QED) is 0.723. The van der Waals surface area contributed by atoms with Gasteiger partial charge >= 0.3 is 5.97 Å². The van der Waals surface area contributed by atoms with Gasteiger partial charge in [-0.15, -0.1) is 0 Å². The van der Waals surface area contributed by atoms with E-state index in [-0.39, 0.29) is 23.1 Å². The fraction of sp³-hybridized carbons (Fsp3) is 0.417. The minimum atomic E-state index is -3.63. The lowest BCUT2D eigenvalue weighted by molar-refractivity contribution is 0.0698. The number of carboxylic acids is 1. The molecule has 1 aromatic carbocycles. The normalized spacial score (nSPS) is 18.9. The summed E-state index contributed by atoms with van der Waals surface area (Å²) in [6, 6.07) is 4.53. The minimum absolute atomic E-state index is 0.0622. The minimum Gasteiger partial charge on any atom is -0.478 e. The first-order valence-electron chi connectivity index (χ1n) is 6.02. The number of halogens is 1. The van der Waals surface area contributed by atoms with Gasteiger partial charge in [-0.1, -0.05) is 0 Å². The van der Waals surface area contributed by atoms with Crippen LogP contribution in [0, 0.1) is 3.57 Å². The van der Waals surface area contributed by atoms with Gasteiger partial charge in [0.25, 0.3) is 0 Å². The summed E-state index contributed by atoms with van der Waals surface area (Å²) in [6.45, 7) is 0.574. The highest BCUT2D eigenvalue weighted by Crippen LogP contribution is 2.21. The molecule has 0 saturated carbocycles. The number of carboxylic acid groups (broad SMARTS) is 1. The zero-order valence-corrected chi connectivity index (χ0v) is 13.5. The lowest BCUT2D eigenvalue weighted by atomic mass is 10.2. The van der Waals surface area contributed by atoms with Gasteiger partial charge in [0.15, 0.2) is 0 Å². The van der Waals surface area contributed by atoms with Gasteiger partial charge in [0.1, 0.15) is 0 Å². The fourth-order valence-electron chi connectivity index (χ4n) is 2.01. The van der Waals surface area contributed by atoms with E-state index in [0.717, 1.165) is 9.99 Å². The number of rotatable bonds is 5. The molecule has 0 radical (unpaired) electrons. The average molecular weight is 411 g/mol. The number of benzene rings is 1. The summed E-state index contributed by atoms with van der Waals surface area (Å²) in [5, 5.41) is 9.11. The molecular weight excluding hydrogens is 397 g/mol. The van der Waals surface area contributed by atoms with Crippen molar-refractivity contribution in [3.63, 3.8) is 0 Å². The summed E-state index contributed by atoms with van der Waals surface area (Å²) in [4.78, 5) is 11.1. The summed E-state index contributed by atoms with van der Waals surface area (Å²) in [6.07, 6.45) is 1.24. The summed E-state index contributed by atoms with van der Waals surface area (Å²) in [5.74, 6) is -1.32. The molecule has 1 aromatic rings. The van der Waals surface area contributed by atoms with Crippen molar-refractivity contribution >= 4 is 44.3 Å². The molecule has 2 rings (SSSR count). The number of ether oxygens (including phenoxy) is 1. The molecule has 1 heterocycles. The molecular formula is C12H14INO5S. The van der Waals surface area contributed by atoms with E-state index in [2.05, 4.69) is 4.72 Å². The van der Waals surface area contributed by atoms with Gasteiger partial charge in [0.05, 0.1) is 23.1 Å². The predicted molar refractivity (Wildman–Crippen MR) is 82.5 cm³/mol. The number of aromatic carboxylic acids is 1. The van der Waals surface area contributed by atoms with Crippen molar-refractivity contribution in [1.29, 1.82) is 0 Å². The van der Waals surface area contributed by atoms with Crippen LogP contribution in [0.25, 0.3) is 0 Å². The summed E-state index contributed by atoms with van der Waals surface area (Å²) >= 11 is 1.97. The third-order valence-electron chi connectivity index (χ3n) is 2.91. The Balaban J connectivity index is 2.18. The molecule has 8 heteroatoms. The molecule has 0 amide bonds. The molecule has 0 aliphatic carbocycles. The fourth-order valence-corrected chi connectivity index (χ4v) is 3.85. The van der Waals surface area contributed by atoms with E-state index in [4.69, 9.17) is 9.84 Å². The number of hydrogen-bond acceptors (Lipinski definition) is 4. The van der Waals surface area contributed by atoms with Gasteiger partial charge in [-0.05, 0) is 53.6 Å². The largest absolute Gasteiger partial charge is 0.478 e. The Morgan fingerprint density at radius 2 is 2.25 bits per heavy atom. The van der Waals surface area contributed by atoms with Gasteiger partial charge in [-0.2, -0.15) is 0 Å². The molecule has 1 atom stereocenters. The van der Waals surface area contributed by atoms with Gasteiger partial charge in [-0.3, -0.25) is 4.72 Å². The summed E-state index contributed by atoms with van der Waals surface area (Å²) in [5.41, 5.74) is 0.0173. The second-order valence-corrected chi connectivity index (χ2v) is 7.53. The summed E-state index contributed by atoms with van der Waals surface area (Å²) < 4.78 is 32.4. The maximum absolute atomic E-state index is 12.0.